The SMILES string of the molecule is COc1ccc2c(c1)[nH]c(=S)n2Cc1csc2cccc(C)c12. The molecule has 3 nitrogen and oxygen atoms in total. The van der Waals surface area contributed by atoms with Crippen LogP contribution in [0.1, 0.15) is 11.1 Å². The first-order valence-corrected chi connectivity index (χ1v) is 8.68. The van der Waals surface area contributed by atoms with Crippen molar-refractivity contribution in [3.63, 3.8) is 0 Å². The van der Waals surface area contributed by atoms with Gasteiger partial charge in [0, 0.05) is 16.2 Å². The number of aromatic amines is 1. The van der Waals surface area contributed by atoms with Gasteiger partial charge in [-0.25, -0.2) is 0 Å². The zero-order chi connectivity index (χ0) is 16.0. The molecule has 0 aliphatic heterocycles. The van der Waals surface area contributed by atoms with Gasteiger partial charge in [0.25, 0.3) is 0 Å². The molecule has 2 heterocycles. The van der Waals surface area contributed by atoms with Gasteiger partial charge in [-0.2, -0.15) is 0 Å². The maximum absolute atomic E-state index is 5.53. The van der Waals surface area contributed by atoms with Crippen LogP contribution in [0.15, 0.2) is 41.8 Å². The lowest BCUT2D eigenvalue weighted by atomic mass is 10.1. The van der Waals surface area contributed by atoms with Crippen LogP contribution in [0.5, 0.6) is 5.75 Å². The van der Waals surface area contributed by atoms with Gasteiger partial charge in [-0.3, -0.25) is 0 Å². The molecule has 23 heavy (non-hydrogen) atoms. The Labute approximate surface area is 143 Å². The minimum atomic E-state index is 0.737. The van der Waals surface area contributed by atoms with Crippen LogP contribution >= 0.6 is 23.6 Å². The third kappa shape index (κ3) is 2.36. The average molecular weight is 340 g/mol. The van der Waals surface area contributed by atoms with E-state index < -0.39 is 0 Å². The zero-order valence-electron chi connectivity index (χ0n) is 12.9. The van der Waals surface area contributed by atoms with Gasteiger partial charge in [0.05, 0.1) is 24.7 Å². The zero-order valence-corrected chi connectivity index (χ0v) is 14.6. The first kappa shape index (κ1) is 14.5. The first-order chi connectivity index (χ1) is 11.2. The number of methoxy groups -OCH3 is 1. The fourth-order valence-corrected chi connectivity index (χ4v) is 4.36. The van der Waals surface area contributed by atoms with E-state index in [1.54, 1.807) is 18.4 Å². The number of hydrogen-bond donors (Lipinski definition) is 1. The van der Waals surface area contributed by atoms with E-state index in [0.29, 0.717) is 0 Å². The highest BCUT2D eigenvalue weighted by Gasteiger charge is 2.11. The Morgan fingerprint density at radius 2 is 2.13 bits per heavy atom. The summed E-state index contributed by atoms with van der Waals surface area (Å²) in [4.78, 5) is 3.28. The summed E-state index contributed by atoms with van der Waals surface area (Å²) < 4.78 is 9.50. The molecule has 0 amide bonds. The summed E-state index contributed by atoms with van der Waals surface area (Å²) in [5.41, 5.74) is 4.73. The largest absolute Gasteiger partial charge is 0.497 e. The number of fused-ring (bicyclic) bond motifs is 2. The number of imidazole rings is 1. The minimum Gasteiger partial charge on any atom is -0.497 e. The van der Waals surface area contributed by atoms with Crippen molar-refractivity contribution in [1.29, 1.82) is 0 Å². The third-order valence-corrected chi connectivity index (χ3v) is 5.51. The van der Waals surface area contributed by atoms with Gasteiger partial charge >= 0.3 is 0 Å². The molecule has 0 bridgehead atoms. The van der Waals surface area contributed by atoms with E-state index in [4.69, 9.17) is 17.0 Å². The first-order valence-electron chi connectivity index (χ1n) is 7.39. The minimum absolute atomic E-state index is 0.737. The molecule has 1 N–H and O–H groups in total. The third-order valence-electron chi connectivity index (χ3n) is 4.19. The predicted molar refractivity (Wildman–Crippen MR) is 99.3 cm³/mol. The maximum Gasteiger partial charge on any atom is 0.178 e. The molecule has 2 aromatic carbocycles. The number of nitrogens with one attached hydrogen (secondary N) is 1. The monoisotopic (exact) mass is 340 g/mol. The number of rotatable bonds is 3. The highest BCUT2D eigenvalue weighted by atomic mass is 32.1. The maximum atomic E-state index is 5.53. The van der Waals surface area contributed by atoms with Crippen LogP contribution in [-0.4, -0.2) is 16.7 Å². The van der Waals surface area contributed by atoms with Crippen molar-refractivity contribution in [1.82, 2.24) is 9.55 Å². The summed E-state index contributed by atoms with van der Waals surface area (Å²) in [6.45, 7) is 2.94. The van der Waals surface area contributed by atoms with Crippen LogP contribution < -0.4 is 4.74 Å². The topological polar surface area (TPSA) is 29.9 Å². The van der Waals surface area contributed by atoms with E-state index in [0.717, 1.165) is 28.1 Å². The molecule has 0 fully saturated rings. The number of hydrogen-bond acceptors (Lipinski definition) is 3. The van der Waals surface area contributed by atoms with Crippen molar-refractivity contribution >= 4 is 44.7 Å². The molecule has 4 aromatic rings. The van der Waals surface area contributed by atoms with E-state index in [9.17, 15) is 0 Å². The fourth-order valence-electron chi connectivity index (χ4n) is 3.06. The average Bonchev–Trinajstić information content (AvgIpc) is 3.10. The van der Waals surface area contributed by atoms with Crippen molar-refractivity contribution in [2.24, 2.45) is 0 Å². The molecule has 0 spiro atoms. The highest BCUT2D eigenvalue weighted by Crippen LogP contribution is 2.30. The van der Waals surface area contributed by atoms with Crippen LogP contribution in [0, 0.1) is 11.7 Å². The molecule has 116 valence electrons. The molecule has 0 radical (unpaired) electrons. The Balaban J connectivity index is 1.86. The van der Waals surface area contributed by atoms with Gasteiger partial charge in [-0.05, 0) is 53.8 Å². The van der Waals surface area contributed by atoms with E-state index in [-0.39, 0.29) is 0 Å². The number of H-pyrrole nitrogens is 1. The molecule has 0 saturated carbocycles. The van der Waals surface area contributed by atoms with Crippen LogP contribution in [0.4, 0.5) is 0 Å². The van der Waals surface area contributed by atoms with Crippen LogP contribution in [-0.2, 0) is 6.54 Å². The summed E-state index contributed by atoms with van der Waals surface area (Å²) in [7, 11) is 1.67. The van der Waals surface area contributed by atoms with Crippen molar-refractivity contribution in [3.05, 3.63) is 57.7 Å². The van der Waals surface area contributed by atoms with Crippen molar-refractivity contribution in [3.8, 4) is 5.75 Å². The Kier molecular flexibility index (Phi) is 3.47. The summed E-state index contributed by atoms with van der Waals surface area (Å²) in [6.07, 6.45) is 0. The molecule has 0 unspecified atom stereocenters. The Morgan fingerprint density at radius 1 is 1.26 bits per heavy atom. The van der Waals surface area contributed by atoms with Gasteiger partial charge in [-0.15, -0.1) is 11.3 Å². The Bertz CT molecular complexity index is 1070. The normalized spacial score (nSPS) is 11.4. The predicted octanol–water partition coefficient (Wildman–Crippen LogP) is 5.28. The summed E-state index contributed by atoms with van der Waals surface area (Å²) in [5, 5.41) is 3.59. The van der Waals surface area contributed by atoms with E-state index in [1.807, 2.05) is 12.1 Å². The second-order valence-corrected chi connectivity index (χ2v) is 6.91. The van der Waals surface area contributed by atoms with Crippen molar-refractivity contribution < 1.29 is 4.74 Å². The van der Waals surface area contributed by atoms with Gasteiger partial charge in [-0.1, -0.05) is 12.1 Å². The van der Waals surface area contributed by atoms with Crippen LogP contribution in [0.25, 0.3) is 21.1 Å². The molecule has 0 aliphatic carbocycles. The summed E-state index contributed by atoms with van der Waals surface area (Å²) in [6, 6.07) is 12.5. The number of nitrogens with zero attached hydrogens (tertiary/aromatic N) is 1. The summed E-state index contributed by atoms with van der Waals surface area (Å²) in [5.74, 6) is 0.831. The van der Waals surface area contributed by atoms with E-state index in [2.05, 4.69) is 46.1 Å². The second kappa shape index (κ2) is 5.51. The lowest BCUT2D eigenvalue weighted by Gasteiger charge is -2.06. The van der Waals surface area contributed by atoms with Crippen LogP contribution in [0.3, 0.4) is 0 Å². The Morgan fingerprint density at radius 3 is 2.96 bits per heavy atom. The van der Waals surface area contributed by atoms with Gasteiger partial charge in [0.2, 0.25) is 0 Å². The molecular weight excluding hydrogens is 324 g/mol. The smallest absolute Gasteiger partial charge is 0.178 e. The molecule has 0 aliphatic rings. The second-order valence-electron chi connectivity index (χ2n) is 5.61. The van der Waals surface area contributed by atoms with E-state index in [1.165, 1.54) is 21.2 Å². The molecule has 4 rings (SSSR count). The van der Waals surface area contributed by atoms with Gasteiger partial charge in [0.1, 0.15) is 5.75 Å². The lowest BCUT2D eigenvalue weighted by Crippen LogP contribution is -1.99. The van der Waals surface area contributed by atoms with Crippen molar-refractivity contribution in [2.75, 3.05) is 7.11 Å². The number of thiophene rings is 1. The lowest BCUT2D eigenvalue weighted by molar-refractivity contribution is 0.415. The fraction of sp³-hybridized carbons (Fsp3) is 0.167. The molecule has 5 heteroatoms. The molecule has 2 aromatic heterocycles. The summed E-state index contributed by atoms with van der Waals surface area (Å²) >= 11 is 7.32. The number of aryl methyl sites for hydroxylation is 1. The van der Waals surface area contributed by atoms with E-state index >= 15 is 0 Å². The number of ether oxygens (including phenoxy) is 1. The number of aromatic nitrogens is 2. The molecular formula is C18H16N2OS2. The Hall–Kier alpha value is -2.11. The van der Waals surface area contributed by atoms with Gasteiger partial charge in [0.15, 0.2) is 4.77 Å². The highest BCUT2D eigenvalue weighted by molar-refractivity contribution is 7.71. The van der Waals surface area contributed by atoms with Crippen LogP contribution in [0.2, 0.25) is 0 Å². The number of benzene rings is 2. The van der Waals surface area contributed by atoms with Gasteiger partial charge < -0.3 is 14.3 Å². The quantitative estimate of drug-likeness (QED) is 0.514. The molecule has 0 atom stereocenters. The molecule has 0 saturated heterocycles. The standard InChI is InChI=1S/C18H16N2OS2/c1-11-4-3-5-16-17(11)12(10-23-16)9-20-15-7-6-13(21-2)8-14(15)19-18(20)22/h3-8,10H,9H2,1-2H3,(H,19,22). The van der Waals surface area contributed by atoms with Crippen molar-refractivity contribution in [2.45, 2.75) is 13.5 Å².